The molecular weight excluding hydrogens is 340 g/mol. The number of hydrogen-bond acceptors (Lipinski definition) is 4. The summed E-state index contributed by atoms with van der Waals surface area (Å²) < 4.78 is 10.9. The normalized spacial score (nSPS) is 13.9. The van der Waals surface area contributed by atoms with Crippen LogP contribution in [0.4, 0.5) is 0 Å². The molecule has 2 heterocycles. The summed E-state index contributed by atoms with van der Waals surface area (Å²) in [6, 6.07) is 10.2. The van der Waals surface area contributed by atoms with Gasteiger partial charge in [0.2, 0.25) is 0 Å². The number of nitrogens with zero attached hydrogens (tertiary/aromatic N) is 3. The van der Waals surface area contributed by atoms with Crippen molar-refractivity contribution in [2.45, 2.75) is 33.4 Å². The van der Waals surface area contributed by atoms with E-state index in [1.807, 2.05) is 25.1 Å². The summed E-state index contributed by atoms with van der Waals surface area (Å²) in [6.45, 7) is 7.20. The van der Waals surface area contributed by atoms with Gasteiger partial charge in [0.1, 0.15) is 0 Å². The van der Waals surface area contributed by atoms with Crippen molar-refractivity contribution in [3.63, 3.8) is 0 Å². The molecule has 0 saturated carbocycles. The predicted molar refractivity (Wildman–Crippen MR) is 107 cm³/mol. The monoisotopic (exact) mass is 368 g/mol. The molecule has 0 atom stereocenters. The number of hydrogen-bond donors (Lipinski definition) is 1. The molecule has 0 aliphatic carbocycles. The van der Waals surface area contributed by atoms with Crippen LogP contribution >= 0.6 is 0 Å². The first-order valence-corrected chi connectivity index (χ1v) is 9.34. The Hall–Kier alpha value is -2.76. The maximum absolute atomic E-state index is 5.46. The van der Waals surface area contributed by atoms with Crippen LogP contribution in [-0.4, -0.2) is 43.2 Å². The quantitative estimate of drug-likeness (QED) is 0.650. The molecule has 1 aliphatic rings. The highest BCUT2D eigenvalue weighted by Crippen LogP contribution is 2.33. The summed E-state index contributed by atoms with van der Waals surface area (Å²) in [4.78, 5) is 11.6. The summed E-state index contributed by atoms with van der Waals surface area (Å²) in [5.74, 6) is 2.47. The third kappa shape index (κ3) is 4.51. The summed E-state index contributed by atoms with van der Waals surface area (Å²) in [5.41, 5.74) is 4.55. The fourth-order valence-corrected chi connectivity index (χ4v) is 3.33. The molecule has 1 aromatic carbocycles. The van der Waals surface area contributed by atoms with E-state index in [1.54, 1.807) is 14.2 Å². The Morgan fingerprint density at radius 1 is 1.19 bits per heavy atom. The smallest absolute Gasteiger partial charge is 0.194 e. The van der Waals surface area contributed by atoms with Gasteiger partial charge in [-0.2, -0.15) is 0 Å². The third-order valence-corrected chi connectivity index (χ3v) is 4.69. The zero-order chi connectivity index (χ0) is 19.2. The fraction of sp³-hybridized carbons (Fsp3) is 0.429. The minimum atomic E-state index is 0.569. The first kappa shape index (κ1) is 19.0. The highest BCUT2D eigenvalue weighted by Gasteiger charge is 2.21. The van der Waals surface area contributed by atoms with E-state index in [-0.39, 0.29) is 0 Å². The molecule has 144 valence electrons. The lowest BCUT2D eigenvalue weighted by atomic mass is 9.99. The molecule has 3 rings (SSSR count). The van der Waals surface area contributed by atoms with Crippen LogP contribution in [0.3, 0.4) is 0 Å². The van der Waals surface area contributed by atoms with Crippen molar-refractivity contribution in [3.05, 3.63) is 52.8 Å². The summed E-state index contributed by atoms with van der Waals surface area (Å²) in [7, 11) is 3.35. The number of aromatic nitrogens is 1. The van der Waals surface area contributed by atoms with Gasteiger partial charge in [-0.1, -0.05) is 6.07 Å². The van der Waals surface area contributed by atoms with Gasteiger partial charge in [-0.3, -0.25) is 4.98 Å². The molecule has 0 saturated heterocycles. The number of aliphatic imine (C=N–C) groups is 1. The topological polar surface area (TPSA) is 59.0 Å². The molecule has 0 spiro atoms. The fourth-order valence-electron chi connectivity index (χ4n) is 3.33. The molecule has 1 aromatic heterocycles. The van der Waals surface area contributed by atoms with E-state index < -0.39 is 0 Å². The average molecular weight is 368 g/mol. The van der Waals surface area contributed by atoms with Crippen molar-refractivity contribution >= 4 is 5.96 Å². The molecule has 6 nitrogen and oxygen atoms in total. The van der Waals surface area contributed by atoms with E-state index in [2.05, 4.69) is 34.3 Å². The highest BCUT2D eigenvalue weighted by atomic mass is 16.5. The molecule has 6 heteroatoms. The van der Waals surface area contributed by atoms with Gasteiger partial charge in [-0.25, -0.2) is 4.99 Å². The van der Waals surface area contributed by atoms with Crippen molar-refractivity contribution in [2.75, 3.05) is 27.3 Å². The summed E-state index contributed by atoms with van der Waals surface area (Å²) >= 11 is 0. The highest BCUT2D eigenvalue weighted by molar-refractivity contribution is 5.80. The van der Waals surface area contributed by atoms with Crippen LogP contribution in [0, 0.1) is 6.92 Å². The van der Waals surface area contributed by atoms with Gasteiger partial charge in [-0.05, 0) is 55.7 Å². The molecule has 1 N–H and O–H groups in total. The number of rotatable bonds is 5. The number of guanidine groups is 1. The van der Waals surface area contributed by atoms with E-state index in [4.69, 9.17) is 14.5 Å². The number of benzene rings is 1. The van der Waals surface area contributed by atoms with Gasteiger partial charge in [0, 0.05) is 25.3 Å². The maximum atomic E-state index is 5.46. The third-order valence-electron chi connectivity index (χ3n) is 4.69. The van der Waals surface area contributed by atoms with Gasteiger partial charge >= 0.3 is 0 Å². The van der Waals surface area contributed by atoms with Crippen LogP contribution in [0.1, 0.15) is 29.4 Å². The number of methoxy groups -OCH3 is 2. The Morgan fingerprint density at radius 2 is 1.93 bits per heavy atom. The van der Waals surface area contributed by atoms with Crippen LogP contribution in [0.5, 0.6) is 11.5 Å². The van der Waals surface area contributed by atoms with Crippen molar-refractivity contribution in [1.82, 2.24) is 15.2 Å². The van der Waals surface area contributed by atoms with Crippen LogP contribution in [-0.2, 0) is 19.5 Å². The van der Waals surface area contributed by atoms with Crippen molar-refractivity contribution in [1.29, 1.82) is 0 Å². The Balaban J connectivity index is 1.80. The molecule has 0 bridgehead atoms. The minimum Gasteiger partial charge on any atom is -0.493 e. The van der Waals surface area contributed by atoms with Crippen LogP contribution < -0.4 is 14.8 Å². The van der Waals surface area contributed by atoms with E-state index in [1.165, 1.54) is 11.1 Å². The predicted octanol–water partition coefficient (Wildman–Crippen LogP) is 2.93. The second-order valence-corrected chi connectivity index (χ2v) is 6.59. The lowest BCUT2D eigenvalue weighted by Crippen LogP contribution is -2.44. The number of pyridine rings is 1. The van der Waals surface area contributed by atoms with Gasteiger partial charge in [-0.15, -0.1) is 0 Å². The van der Waals surface area contributed by atoms with E-state index in [9.17, 15) is 0 Å². The van der Waals surface area contributed by atoms with Gasteiger partial charge in [0.25, 0.3) is 0 Å². The first-order valence-electron chi connectivity index (χ1n) is 9.34. The number of ether oxygens (including phenoxy) is 2. The average Bonchev–Trinajstić information content (AvgIpc) is 2.69. The van der Waals surface area contributed by atoms with Gasteiger partial charge < -0.3 is 19.7 Å². The summed E-state index contributed by atoms with van der Waals surface area (Å²) in [5, 5.41) is 3.41. The Labute approximate surface area is 161 Å². The number of nitrogens with one attached hydrogen (secondary N) is 1. The Bertz CT molecular complexity index is 820. The van der Waals surface area contributed by atoms with Gasteiger partial charge in [0.15, 0.2) is 17.5 Å². The maximum Gasteiger partial charge on any atom is 0.194 e. The molecule has 0 unspecified atom stereocenters. The second kappa shape index (κ2) is 8.75. The molecule has 0 radical (unpaired) electrons. The molecular formula is C21H28N4O2. The molecule has 2 aromatic rings. The largest absolute Gasteiger partial charge is 0.493 e. The van der Waals surface area contributed by atoms with E-state index >= 15 is 0 Å². The van der Waals surface area contributed by atoms with Gasteiger partial charge in [0.05, 0.1) is 26.5 Å². The first-order chi connectivity index (χ1) is 13.1. The minimum absolute atomic E-state index is 0.569. The molecule has 27 heavy (non-hydrogen) atoms. The zero-order valence-corrected chi connectivity index (χ0v) is 16.6. The van der Waals surface area contributed by atoms with E-state index in [0.29, 0.717) is 6.54 Å². The number of aryl methyl sites for hydroxylation is 1. The number of fused-ring (bicyclic) bond motifs is 1. The Morgan fingerprint density at radius 3 is 2.59 bits per heavy atom. The van der Waals surface area contributed by atoms with Crippen LogP contribution in [0.25, 0.3) is 0 Å². The van der Waals surface area contributed by atoms with E-state index in [0.717, 1.165) is 54.9 Å². The Kier molecular flexibility index (Phi) is 6.16. The van der Waals surface area contributed by atoms with Crippen LogP contribution in [0.2, 0.25) is 0 Å². The van der Waals surface area contributed by atoms with Crippen molar-refractivity contribution in [3.8, 4) is 11.5 Å². The zero-order valence-electron chi connectivity index (χ0n) is 16.6. The SMILES string of the molecule is CCNC(=NCc1cccc(C)n1)N1CCc2cc(OC)c(OC)cc2C1. The lowest BCUT2D eigenvalue weighted by molar-refractivity contribution is 0.346. The molecule has 0 amide bonds. The standard InChI is InChI=1S/C21H28N4O2/c1-5-22-21(23-13-18-8-6-7-15(2)24-18)25-10-9-16-11-19(26-3)20(27-4)12-17(16)14-25/h6-8,11-12H,5,9-10,13-14H2,1-4H3,(H,22,23). The van der Waals surface area contributed by atoms with Crippen molar-refractivity contribution < 1.29 is 9.47 Å². The van der Waals surface area contributed by atoms with Crippen LogP contribution in [0.15, 0.2) is 35.3 Å². The second-order valence-electron chi connectivity index (χ2n) is 6.59. The lowest BCUT2D eigenvalue weighted by Gasteiger charge is -2.32. The molecule has 0 fully saturated rings. The van der Waals surface area contributed by atoms with Crippen molar-refractivity contribution in [2.24, 2.45) is 4.99 Å². The summed E-state index contributed by atoms with van der Waals surface area (Å²) in [6.07, 6.45) is 0.947. The molecule has 1 aliphatic heterocycles.